The molecule has 0 heterocycles. The van der Waals surface area contributed by atoms with E-state index in [1.165, 1.54) is 111 Å². The van der Waals surface area contributed by atoms with E-state index in [0.29, 0.717) is 0 Å². The van der Waals surface area contributed by atoms with Gasteiger partial charge in [-0.3, -0.25) is 0 Å². The van der Waals surface area contributed by atoms with Crippen molar-refractivity contribution < 1.29 is 0 Å². The molecule has 1 aliphatic rings. The van der Waals surface area contributed by atoms with Gasteiger partial charge in [-0.15, -0.1) is 0 Å². The van der Waals surface area contributed by atoms with Crippen molar-refractivity contribution in [2.45, 2.75) is 27.7 Å². The van der Waals surface area contributed by atoms with E-state index in [-0.39, 0.29) is 0 Å². The fraction of sp³-hybridized carbons (Fsp3) is 0.0556. The van der Waals surface area contributed by atoms with Crippen molar-refractivity contribution in [3.05, 3.63) is 277 Å². The number of rotatable bonds is 10. The average molecular weight is 947 g/mol. The zero-order chi connectivity index (χ0) is 49.9. The van der Waals surface area contributed by atoms with Gasteiger partial charge in [-0.05, 0) is 199 Å². The van der Waals surface area contributed by atoms with Gasteiger partial charge >= 0.3 is 0 Å². The third-order valence-electron chi connectivity index (χ3n) is 15.1. The Hall–Kier alpha value is -9.24. The van der Waals surface area contributed by atoms with Crippen molar-refractivity contribution in [3.63, 3.8) is 0 Å². The molecule has 0 atom stereocenters. The Balaban J connectivity index is 1.20. The van der Waals surface area contributed by atoms with Crippen molar-refractivity contribution >= 4 is 55.7 Å². The van der Waals surface area contributed by atoms with Crippen molar-refractivity contribution in [1.82, 2.24) is 0 Å². The van der Waals surface area contributed by atoms with E-state index >= 15 is 0 Å². The Bertz CT molecular complexity index is 3830. The Kier molecular flexibility index (Phi) is 11.1. The molecule has 0 saturated heterocycles. The highest BCUT2D eigenvalue weighted by Gasteiger charge is 2.39. The zero-order valence-corrected chi connectivity index (χ0v) is 42.1. The van der Waals surface area contributed by atoms with Crippen LogP contribution >= 0.6 is 0 Å². The summed E-state index contributed by atoms with van der Waals surface area (Å²) in [5, 5.41) is 4.87. The summed E-state index contributed by atoms with van der Waals surface area (Å²) < 4.78 is 0. The highest BCUT2D eigenvalue weighted by molar-refractivity contribution is 6.33. The van der Waals surface area contributed by atoms with Crippen molar-refractivity contribution in [2.24, 2.45) is 0 Å². The molecule has 0 bridgehead atoms. The lowest BCUT2D eigenvalue weighted by atomic mass is 9.65. The van der Waals surface area contributed by atoms with Gasteiger partial charge in [0, 0.05) is 34.1 Å². The van der Waals surface area contributed by atoms with Gasteiger partial charge in [0.25, 0.3) is 0 Å². The third-order valence-corrected chi connectivity index (χ3v) is 15.1. The topological polar surface area (TPSA) is 6.48 Å². The van der Waals surface area contributed by atoms with Gasteiger partial charge in [0.15, 0.2) is 0 Å². The Morgan fingerprint density at radius 3 is 0.838 bits per heavy atom. The molecule has 0 N–H and O–H groups in total. The first-order valence-electron chi connectivity index (χ1n) is 25.8. The minimum absolute atomic E-state index is 1.11. The Morgan fingerprint density at radius 2 is 0.514 bits per heavy atom. The molecule has 0 saturated carbocycles. The average Bonchev–Trinajstić information content (AvgIpc) is 3.44. The molecule has 12 aromatic rings. The van der Waals surface area contributed by atoms with E-state index in [1.807, 2.05) is 0 Å². The maximum atomic E-state index is 2.47. The smallest absolute Gasteiger partial charge is 0.0490 e. The predicted octanol–water partition coefficient (Wildman–Crippen LogP) is 20.5. The fourth-order valence-electron chi connectivity index (χ4n) is 11.8. The molecular formula is C72H54N2. The number of anilines is 6. The minimum atomic E-state index is 1.11. The van der Waals surface area contributed by atoms with Gasteiger partial charge < -0.3 is 9.80 Å². The second-order valence-electron chi connectivity index (χ2n) is 19.8. The molecule has 2 nitrogen and oxygen atoms in total. The molecule has 0 amide bonds. The normalized spacial score (nSPS) is 11.5. The summed E-state index contributed by atoms with van der Waals surface area (Å²) in [4.78, 5) is 4.89. The number of nitrogens with zero attached hydrogens (tertiary/aromatic N) is 2. The molecular weight excluding hydrogens is 893 g/mol. The summed E-state index contributed by atoms with van der Waals surface area (Å²) in [6.45, 7) is 8.79. The Morgan fingerprint density at radius 1 is 0.216 bits per heavy atom. The highest BCUT2D eigenvalue weighted by Crippen LogP contribution is 2.66. The molecule has 0 spiro atoms. The fourth-order valence-corrected chi connectivity index (χ4v) is 11.8. The second kappa shape index (κ2) is 18.4. The zero-order valence-electron chi connectivity index (χ0n) is 42.1. The SMILES string of the molecule is Cc1cccc(N(c2ccc3c(-c4ccccc4)c4c(c(-c5ccccc5)c3c2)-c2c-4c(-c3ccccc3)c3ccc(N(c4cccc(C)c4)c4ccccc4C)cc3c2-c2ccccc2)c2ccccc2C)c1. The van der Waals surface area contributed by atoms with Gasteiger partial charge in [-0.2, -0.15) is 0 Å². The van der Waals surface area contributed by atoms with Crippen LogP contribution in [0.2, 0.25) is 0 Å². The van der Waals surface area contributed by atoms with Crippen LogP contribution in [-0.2, 0) is 0 Å². The maximum Gasteiger partial charge on any atom is 0.0490 e. The van der Waals surface area contributed by atoms with E-state index < -0.39 is 0 Å². The molecule has 74 heavy (non-hydrogen) atoms. The van der Waals surface area contributed by atoms with E-state index in [4.69, 9.17) is 0 Å². The van der Waals surface area contributed by atoms with E-state index in [0.717, 1.165) is 34.1 Å². The molecule has 0 aliphatic heterocycles. The summed E-state index contributed by atoms with van der Waals surface area (Å²) in [5.41, 5.74) is 26.6. The highest BCUT2D eigenvalue weighted by atomic mass is 15.1. The van der Waals surface area contributed by atoms with Crippen molar-refractivity contribution in [2.75, 3.05) is 9.80 Å². The van der Waals surface area contributed by atoms with Gasteiger partial charge in [-0.1, -0.05) is 194 Å². The van der Waals surface area contributed by atoms with Crippen LogP contribution in [0.15, 0.2) is 255 Å². The van der Waals surface area contributed by atoms with Gasteiger partial charge in [0.05, 0.1) is 0 Å². The summed E-state index contributed by atoms with van der Waals surface area (Å²) >= 11 is 0. The molecule has 0 aromatic heterocycles. The van der Waals surface area contributed by atoms with Crippen LogP contribution in [0.3, 0.4) is 0 Å². The largest absolute Gasteiger partial charge is 0.310 e. The number of benzene rings is 12. The first-order chi connectivity index (χ1) is 36.4. The standard InChI is InChI=1S/C72H54N2/c1-47-23-21-35-55(43-47)73(63-37-19-17-25-49(63)3)57-39-41-59-61(45-57)67(53-31-13-7-14-32-53)71-69(65(59)51-27-9-5-10-28-51)70-66(52-29-11-6-12-30-52)60-42-40-58(46-62(60)68(72(70)71)54-33-15-8-16-34-54)74(56-36-22-24-48(2)44-56)64-38-20-18-26-50(64)4/h5-46H,1-4H3. The molecule has 352 valence electrons. The van der Waals surface area contributed by atoms with Gasteiger partial charge in [-0.25, -0.2) is 0 Å². The lowest BCUT2D eigenvalue weighted by Crippen LogP contribution is -2.13. The summed E-state index contributed by atoms with van der Waals surface area (Å²) in [6, 6.07) is 94.2. The molecule has 1 aliphatic carbocycles. The Labute approximate surface area is 434 Å². The summed E-state index contributed by atoms with van der Waals surface area (Å²) in [7, 11) is 0. The monoisotopic (exact) mass is 946 g/mol. The van der Waals surface area contributed by atoms with Crippen LogP contribution < -0.4 is 9.80 Å². The third kappa shape index (κ3) is 7.49. The summed E-state index contributed by atoms with van der Waals surface area (Å²) in [5.74, 6) is 0. The number of hydrogen-bond acceptors (Lipinski definition) is 2. The minimum Gasteiger partial charge on any atom is -0.310 e. The summed E-state index contributed by atoms with van der Waals surface area (Å²) in [6.07, 6.45) is 0. The van der Waals surface area contributed by atoms with Crippen LogP contribution in [-0.4, -0.2) is 0 Å². The molecule has 0 radical (unpaired) electrons. The lowest BCUT2D eigenvalue weighted by Gasteiger charge is -2.38. The maximum absolute atomic E-state index is 2.47. The van der Waals surface area contributed by atoms with Crippen molar-refractivity contribution in [3.8, 4) is 66.8 Å². The quantitative estimate of drug-likeness (QED) is 0.135. The second-order valence-corrected chi connectivity index (χ2v) is 19.8. The molecule has 2 heteroatoms. The molecule has 12 aromatic carbocycles. The van der Waals surface area contributed by atoms with Crippen molar-refractivity contribution in [1.29, 1.82) is 0 Å². The first-order valence-corrected chi connectivity index (χ1v) is 25.8. The number of aryl methyl sites for hydroxylation is 4. The van der Waals surface area contributed by atoms with E-state index in [1.54, 1.807) is 0 Å². The van der Waals surface area contributed by atoms with E-state index in [9.17, 15) is 0 Å². The van der Waals surface area contributed by atoms with E-state index in [2.05, 4.69) is 292 Å². The molecule has 13 rings (SSSR count). The number of para-hydroxylation sites is 2. The van der Waals surface area contributed by atoms with Gasteiger partial charge in [0.1, 0.15) is 0 Å². The number of fused-ring (bicyclic) bond motifs is 6. The first kappa shape index (κ1) is 44.7. The van der Waals surface area contributed by atoms with Crippen LogP contribution in [0.1, 0.15) is 22.3 Å². The lowest BCUT2D eigenvalue weighted by molar-refractivity contribution is 1.24. The number of hydrogen-bond donors (Lipinski definition) is 0. The molecule has 0 unspecified atom stereocenters. The van der Waals surface area contributed by atoms with Crippen LogP contribution in [0.4, 0.5) is 34.1 Å². The predicted molar refractivity (Wildman–Crippen MR) is 316 cm³/mol. The van der Waals surface area contributed by atoms with Crippen LogP contribution in [0.25, 0.3) is 88.3 Å². The van der Waals surface area contributed by atoms with Crippen LogP contribution in [0, 0.1) is 27.7 Å². The van der Waals surface area contributed by atoms with Crippen LogP contribution in [0.5, 0.6) is 0 Å². The van der Waals surface area contributed by atoms with Gasteiger partial charge in [0.2, 0.25) is 0 Å². The molecule has 0 fully saturated rings.